The van der Waals surface area contributed by atoms with E-state index in [4.69, 9.17) is 0 Å². The van der Waals surface area contributed by atoms with Crippen molar-refractivity contribution in [3.63, 3.8) is 0 Å². The van der Waals surface area contributed by atoms with Crippen molar-refractivity contribution in [3.8, 4) is 0 Å². The molecule has 0 aliphatic heterocycles. The van der Waals surface area contributed by atoms with Crippen LogP contribution in [-0.4, -0.2) is 30.5 Å². The molecule has 0 saturated heterocycles. The van der Waals surface area contributed by atoms with Crippen LogP contribution in [0.25, 0.3) is 0 Å². The summed E-state index contributed by atoms with van der Waals surface area (Å²) in [5.41, 5.74) is 0.726. The van der Waals surface area contributed by atoms with Gasteiger partial charge in [0.1, 0.15) is 0 Å². The summed E-state index contributed by atoms with van der Waals surface area (Å²) in [6.45, 7) is 1.77. The first-order valence-corrected chi connectivity index (χ1v) is 5.94. The van der Waals surface area contributed by atoms with E-state index >= 15 is 0 Å². The van der Waals surface area contributed by atoms with Crippen LogP contribution in [0.3, 0.4) is 0 Å². The molecule has 0 atom stereocenters. The summed E-state index contributed by atoms with van der Waals surface area (Å²) in [4.78, 5) is 2.71. The van der Waals surface area contributed by atoms with Crippen molar-refractivity contribution in [3.05, 3.63) is 10.6 Å². The van der Waals surface area contributed by atoms with E-state index < -0.39 is 10.0 Å². The first-order valence-electron chi connectivity index (χ1n) is 3.28. The lowest BCUT2D eigenvalue weighted by molar-refractivity contribution is 0.591. The van der Waals surface area contributed by atoms with Crippen LogP contribution in [-0.2, 0) is 10.0 Å². The summed E-state index contributed by atoms with van der Waals surface area (Å²) in [5, 5.41) is 7.25. The fourth-order valence-electron chi connectivity index (χ4n) is 0.539. The Balaban J connectivity index is 2.65. The van der Waals surface area contributed by atoms with Gasteiger partial charge in [-0.05, 0) is 18.5 Å². The molecular formula is C5H8N4O2S2. The second-order valence-electron chi connectivity index (χ2n) is 2.34. The summed E-state index contributed by atoms with van der Waals surface area (Å²) in [6, 6.07) is 0. The predicted octanol–water partition coefficient (Wildman–Crippen LogP) is -0.270. The number of rotatable bonds is 3. The van der Waals surface area contributed by atoms with Crippen LogP contribution in [0.4, 0.5) is 0 Å². The Kier molecular flexibility index (Phi) is 2.94. The summed E-state index contributed by atoms with van der Waals surface area (Å²) in [6.07, 6.45) is 2.41. The quantitative estimate of drug-likeness (QED) is 0.561. The maximum atomic E-state index is 10.6. The van der Waals surface area contributed by atoms with Gasteiger partial charge in [-0.15, -0.1) is 5.10 Å². The summed E-state index contributed by atoms with van der Waals surface area (Å²) >= 11 is 1.15. The van der Waals surface area contributed by atoms with E-state index in [0.717, 1.165) is 28.4 Å². The van der Waals surface area contributed by atoms with Crippen molar-refractivity contribution in [2.45, 2.75) is 6.92 Å². The Hall–Kier alpha value is -1.02. The molecule has 0 amide bonds. The number of aryl methyl sites for hydroxylation is 1. The van der Waals surface area contributed by atoms with Crippen molar-refractivity contribution < 1.29 is 8.42 Å². The molecule has 6 nitrogen and oxygen atoms in total. The molecule has 0 spiro atoms. The standard InChI is InChI=1S/C5H8N4O2S2/c1-4-5(12-8-7-4)3-6-9-13(2,10)11/h3,9H,1-2H3/b6-3+. The molecule has 1 heterocycles. The van der Waals surface area contributed by atoms with Crippen molar-refractivity contribution in [1.82, 2.24) is 14.4 Å². The van der Waals surface area contributed by atoms with E-state index in [-0.39, 0.29) is 0 Å². The van der Waals surface area contributed by atoms with E-state index in [2.05, 4.69) is 14.7 Å². The number of sulfonamides is 1. The molecular weight excluding hydrogens is 212 g/mol. The molecule has 1 rings (SSSR count). The third-order valence-corrected chi connectivity index (χ3v) is 2.28. The van der Waals surface area contributed by atoms with Crippen LogP contribution in [0, 0.1) is 6.92 Å². The molecule has 1 aromatic rings. The highest BCUT2D eigenvalue weighted by Crippen LogP contribution is 2.04. The van der Waals surface area contributed by atoms with Gasteiger partial charge in [0.2, 0.25) is 10.0 Å². The molecule has 13 heavy (non-hydrogen) atoms. The van der Waals surface area contributed by atoms with E-state index in [1.54, 1.807) is 6.92 Å². The van der Waals surface area contributed by atoms with Crippen LogP contribution < -0.4 is 4.83 Å². The van der Waals surface area contributed by atoms with Crippen LogP contribution in [0.15, 0.2) is 5.10 Å². The number of hydrogen-bond acceptors (Lipinski definition) is 6. The number of aromatic nitrogens is 2. The van der Waals surface area contributed by atoms with Gasteiger partial charge in [0.15, 0.2) is 0 Å². The summed E-state index contributed by atoms with van der Waals surface area (Å²) in [7, 11) is -3.27. The lowest BCUT2D eigenvalue weighted by Gasteiger charge is -1.92. The zero-order valence-corrected chi connectivity index (χ0v) is 8.68. The highest BCUT2D eigenvalue weighted by Gasteiger charge is 1.99. The Bertz CT molecular complexity index is 408. The third-order valence-electron chi connectivity index (χ3n) is 1.09. The number of hydrogen-bond donors (Lipinski definition) is 1. The van der Waals surface area contributed by atoms with Crippen LogP contribution >= 0.6 is 11.5 Å². The molecule has 72 valence electrons. The SMILES string of the molecule is Cc1nnsc1/C=N/NS(C)(=O)=O. The molecule has 0 bridgehead atoms. The molecule has 0 radical (unpaired) electrons. The molecule has 1 aromatic heterocycles. The lowest BCUT2D eigenvalue weighted by atomic mass is 10.4. The fourth-order valence-corrected chi connectivity index (χ4v) is 1.31. The van der Waals surface area contributed by atoms with Crippen molar-refractivity contribution in [2.75, 3.05) is 6.26 Å². The van der Waals surface area contributed by atoms with Gasteiger partial charge in [-0.3, -0.25) is 0 Å². The largest absolute Gasteiger partial charge is 0.244 e. The van der Waals surface area contributed by atoms with Gasteiger partial charge in [0, 0.05) is 0 Å². The second kappa shape index (κ2) is 3.79. The Morgan fingerprint density at radius 1 is 1.62 bits per heavy atom. The number of hydrazone groups is 1. The molecule has 0 aliphatic rings. The first kappa shape index (κ1) is 10.1. The number of nitrogens with one attached hydrogen (secondary N) is 1. The zero-order valence-electron chi connectivity index (χ0n) is 7.05. The highest BCUT2D eigenvalue weighted by atomic mass is 32.2. The summed E-state index contributed by atoms with van der Waals surface area (Å²) < 4.78 is 24.8. The third kappa shape index (κ3) is 3.47. The van der Waals surface area contributed by atoms with Gasteiger partial charge in [-0.1, -0.05) is 4.49 Å². The fraction of sp³-hybridized carbons (Fsp3) is 0.400. The molecule has 0 fully saturated rings. The van der Waals surface area contributed by atoms with Gasteiger partial charge in [0.25, 0.3) is 0 Å². The predicted molar refractivity (Wildman–Crippen MR) is 50.2 cm³/mol. The molecule has 0 saturated carbocycles. The topological polar surface area (TPSA) is 84.3 Å². The maximum absolute atomic E-state index is 10.6. The normalized spacial score (nSPS) is 12.2. The van der Waals surface area contributed by atoms with E-state index in [1.165, 1.54) is 6.21 Å². The zero-order chi connectivity index (χ0) is 9.90. The molecule has 0 aromatic carbocycles. The maximum Gasteiger partial charge on any atom is 0.244 e. The Labute approximate surface area is 79.9 Å². The molecule has 1 N–H and O–H groups in total. The van der Waals surface area contributed by atoms with Crippen LogP contribution in [0.1, 0.15) is 10.6 Å². The van der Waals surface area contributed by atoms with Gasteiger partial charge in [-0.2, -0.15) is 5.10 Å². The lowest BCUT2D eigenvalue weighted by Crippen LogP contribution is -2.15. The number of nitrogens with zero attached hydrogens (tertiary/aromatic N) is 3. The smallest absolute Gasteiger partial charge is 0.206 e. The van der Waals surface area contributed by atoms with Gasteiger partial charge < -0.3 is 0 Å². The second-order valence-corrected chi connectivity index (χ2v) is 4.86. The average molecular weight is 220 g/mol. The van der Waals surface area contributed by atoms with Crippen molar-refractivity contribution in [2.24, 2.45) is 5.10 Å². The van der Waals surface area contributed by atoms with Crippen molar-refractivity contribution >= 4 is 27.8 Å². The van der Waals surface area contributed by atoms with Gasteiger partial charge in [0.05, 0.1) is 23.0 Å². The first-order chi connectivity index (χ1) is 5.99. The van der Waals surface area contributed by atoms with Crippen LogP contribution in [0.2, 0.25) is 0 Å². The van der Waals surface area contributed by atoms with Gasteiger partial charge in [-0.25, -0.2) is 13.2 Å². The van der Waals surface area contributed by atoms with E-state index in [9.17, 15) is 8.42 Å². The average Bonchev–Trinajstić information content (AvgIpc) is 2.34. The Morgan fingerprint density at radius 3 is 2.77 bits per heavy atom. The van der Waals surface area contributed by atoms with Crippen molar-refractivity contribution in [1.29, 1.82) is 0 Å². The molecule has 0 unspecified atom stereocenters. The molecule has 8 heteroatoms. The minimum absolute atomic E-state index is 0.726. The van der Waals surface area contributed by atoms with E-state index in [1.807, 2.05) is 4.83 Å². The minimum Gasteiger partial charge on any atom is -0.206 e. The van der Waals surface area contributed by atoms with E-state index in [0.29, 0.717) is 0 Å². The highest BCUT2D eigenvalue weighted by molar-refractivity contribution is 7.88. The minimum atomic E-state index is -3.27. The Morgan fingerprint density at radius 2 is 2.31 bits per heavy atom. The monoisotopic (exact) mass is 220 g/mol. The van der Waals surface area contributed by atoms with Gasteiger partial charge >= 0.3 is 0 Å². The summed E-state index contributed by atoms with van der Waals surface area (Å²) in [5.74, 6) is 0. The van der Waals surface area contributed by atoms with Crippen LogP contribution in [0.5, 0.6) is 0 Å². The molecule has 0 aliphatic carbocycles.